The van der Waals surface area contributed by atoms with Gasteiger partial charge in [0.1, 0.15) is 18.2 Å². The summed E-state index contributed by atoms with van der Waals surface area (Å²) in [4.78, 5) is 27.5. The molecule has 2 rings (SSSR count). The Balaban J connectivity index is 2.25. The highest BCUT2D eigenvalue weighted by Crippen LogP contribution is 2.25. The molecule has 2 aromatic rings. The van der Waals surface area contributed by atoms with Crippen LogP contribution in [0.4, 0.5) is 8.78 Å². The molecule has 152 valence electrons. The fraction of sp³-hybridized carbons (Fsp3) is 0.389. The van der Waals surface area contributed by atoms with Gasteiger partial charge in [-0.3, -0.25) is 14.2 Å². The lowest BCUT2D eigenvalue weighted by molar-refractivity contribution is -0.118. The molecule has 10 heteroatoms. The van der Waals surface area contributed by atoms with Crippen LogP contribution < -0.4 is 20.8 Å². The monoisotopic (exact) mass is 415 g/mol. The molecule has 0 aliphatic heterocycles. The van der Waals surface area contributed by atoms with E-state index in [0.717, 1.165) is 12.1 Å². The number of benzene rings is 1. The minimum absolute atomic E-state index is 0.0524. The van der Waals surface area contributed by atoms with Gasteiger partial charge < -0.3 is 15.2 Å². The topological polar surface area (TPSA) is 96.4 Å². The summed E-state index contributed by atoms with van der Waals surface area (Å²) in [6.45, 7) is 3.26. The predicted molar refractivity (Wildman–Crippen MR) is 98.5 cm³/mol. The van der Waals surface area contributed by atoms with Gasteiger partial charge in [-0.1, -0.05) is 11.6 Å². The van der Waals surface area contributed by atoms with Crippen molar-refractivity contribution in [3.05, 3.63) is 50.8 Å². The van der Waals surface area contributed by atoms with Crippen LogP contribution >= 0.6 is 11.6 Å². The third-order valence-electron chi connectivity index (χ3n) is 3.69. The van der Waals surface area contributed by atoms with E-state index in [9.17, 15) is 18.4 Å². The highest BCUT2D eigenvalue weighted by Gasteiger charge is 2.20. The average Bonchev–Trinajstić information content (AvgIpc) is 2.61. The maximum Gasteiger partial charge on any atom is 0.302 e. The zero-order valence-electron chi connectivity index (χ0n) is 15.4. The molecule has 0 bridgehead atoms. The van der Waals surface area contributed by atoms with Crippen LogP contribution in [0.2, 0.25) is 5.02 Å². The number of carbonyl (C=O) groups excluding carboxylic acids is 1. The lowest BCUT2D eigenvalue weighted by Crippen LogP contribution is -2.26. The van der Waals surface area contributed by atoms with Gasteiger partial charge in [0.15, 0.2) is 5.02 Å². The van der Waals surface area contributed by atoms with Gasteiger partial charge in [0.2, 0.25) is 11.8 Å². The van der Waals surface area contributed by atoms with E-state index in [-0.39, 0.29) is 48.2 Å². The Morgan fingerprint density at radius 1 is 1.32 bits per heavy atom. The van der Waals surface area contributed by atoms with Crippen molar-refractivity contribution in [2.75, 3.05) is 6.61 Å². The van der Waals surface area contributed by atoms with Crippen molar-refractivity contribution in [3.63, 3.8) is 0 Å². The molecule has 1 aromatic carbocycles. The van der Waals surface area contributed by atoms with Crippen molar-refractivity contribution >= 4 is 17.5 Å². The first-order chi connectivity index (χ1) is 13.2. The molecule has 0 spiro atoms. The Kier molecular flexibility index (Phi) is 7.33. The first-order valence-electron chi connectivity index (χ1n) is 8.50. The van der Waals surface area contributed by atoms with Crippen molar-refractivity contribution in [1.82, 2.24) is 9.55 Å². The number of nitrogens with zero attached hydrogens (tertiary/aromatic N) is 2. The molecular weight excluding hydrogens is 396 g/mol. The third kappa shape index (κ3) is 5.41. The Labute approximate surface area is 165 Å². The number of carbonyl (C=O) groups is 1. The number of ether oxygens (including phenoxy) is 2. The van der Waals surface area contributed by atoms with E-state index < -0.39 is 23.1 Å². The van der Waals surface area contributed by atoms with Crippen molar-refractivity contribution in [2.24, 2.45) is 5.73 Å². The summed E-state index contributed by atoms with van der Waals surface area (Å²) in [5, 5.41) is -0.291. The van der Waals surface area contributed by atoms with E-state index in [0.29, 0.717) is 6.42 Å². The smallest absolute Gasteiger partial charge is 0.302 e. The number of nitrogens with two attached hydrogens (primary N) is 1. The van der Waals surface area contributed by atoms with Gasteiger partial charge in [-0.05, 0) is 32.4 Å². The minimum atomic E-state index is -0.797. The summed E-state index contributed by atoms with van der Waals surface area (Å²) in [5.41, 5.74) is 4.55. The molecule has 1 amide bonds. The second-order valence-corrected chi connectivity index (χ2v) is 6.60. The number of aromatic nitrogens is 2. The number of primary amides is 1. The summed E-state index contributed by atoms with van der Waals surface area (Å²) >= 11 is 6.06. The first-order valence-corrected chi connectivity index (χ1v) is 8.88. The van der Waals surface area contributed by atoms with E-state index in [1.807, 2.05) is 0 Å². The van der Waals surface area contributed by atoms with Gasteiger partial charge in [0, 0.05) is 24.1 Å². The molecule has 1 heterocycles. The van der Waals surface area contributed by atoms with E-state index in [1.165, 1.54) is 10.6 Å². The highest BCUT2D eigenvalue weighted by molar-refractivity contribution is 6.31. The van der Waals surface area contributed by atoms with Gasteiger partial charge in [-0.15, -0.1) is 0 Å². The van der Waals surface area contributed by atoms with Crippen LogP contribution in [0.25, 0.3) is 0 Å². The van der Waals surface area contributed by atoms with Crippen molar-refractivity contribution < 1.29 is 23.0 Å². The van der Waals surface area contributed by atoms with Crippen LogP contribution in [0.1, 0.15) is 38.3 Å². The Morgan fingerprint density at radius 3 is 2.64 bits per heavy atom. The molecule has 0 fully saturated rings. The van der Waals surface area contributed by atoms with Gasteiger partial charge in [0.25, 0.3) is 5.56 Å². The summed E-state index contributed by atoms with van der Waals surface area (Å²) in [7, 11) is 0. The Bertz CT molecular complexity index is 918. The number of hydrogen-bond donors (Lipinski definition) is 1. The van der Waals surface area contributed by atoms with Crippen LogP contribution in [0.15, 0.2) is 23.0 Å². The number of halogens is 3. The quantitative estimate of drug-likeness (QED) is 0.635. The number of rotatable bonds is 9. The minimum Gasteiger partial charge on any atom is -0.471 e. The van der Waals surface area contributed by atoms with Crippen LogP contribution in [0.5, 0.6) is 11.9 Å². The van der Waals surface area contributed by atoms with Crippen molar-refractivity contribution in [1.29, 1.82) is 0 Å². The van der Waals surface area contributed by atoms with Crippen molar-refractivity contribution in [3.8, 4) is 11.9 Å². The second-order valence-electron chi connectivity index (χ2n) is 6.23. The standard InChI is InChI=1S/C18H20ClF2N3O4/c1-10(2)24-17(26)15(19)16(23-18(24)27-7-3-4-14(22)25)28-9-11-5-6-12(20)8-13(11)21/h5-6,8,10H,3-4,7,9H2,1-2H3,(H2,22,25). The molecule has 0 atom stereocenters. The van der Waals surface area contributed by atoms with Gasteiger partial charge in [0.05, 0.1) is 6.61 Å². The zero-order valence-corrected chi connectivity index (χ0v) is 16.1. The van der Waals surface area contributed by atoms with Gasteiger partial charge in [-0.25, -0.2) is 8.78 Å². The van der Waals surface area contributed by atoms with Crippen LogP contribution in [0, 0.1) is 11.6 Å². The van der Waals surface area contributed by atoms with E-state index in [2.05, 4.69) is 4.98 Å². The first kappa shape index (κ1) is 21.6. The highest BCUT2D eigenvalue weighted by atomic mass is 35.5. The largest absolute Gasteiger partial charge is 0.471 e. The number of hydrogen-bond acceptors (Lipinski definition) is 5. The van der Waals surface area contributed by atoms with Gasteiger partial charge in [-0.2, -0.15) is 4.98 Å². The SMILES string of the molecule is CC(C)n1c(OCCCC(N)=O)nc(OCc2ccc(F)cc2F)c(Cl)c1=O. The maximum absolute atomic E-state index is 13.8. The normalized spacial score (nSPS) is 10.9. The molecule has 28 heavy (non-hydrogen) atoms. The molecule has 0 saturated heterocycles. The third-order valence-corrected chi connectivity index (χ3v) is 4.02. The molecule has 0 radical (unpaired) electrons. The fourth-order valence-electron chi connectivity index (χ4n) is 2.32. The molecule has 2 N–H and O–H groups in total. The molecule has 0 aliphatic carbocycles. The van der Waals surface area contributed by atoms with Crippen molar-refractivity contribution in [2.45, 2.75) is 39.3 Å². The average molecular weight is 416 g/mol. The van der Waals surface area contributed by atoms with E-state index in [4.69, 9.17) is 26.8 Å². The lowest BCUT2D eigenvalue weighted by atomic mass is 10.2. The van der Waals surface area contributed by atoms with Crippen LogP contribution in [-0.2, 0) is 11.4 Å². The molecule has 0 aliphatic rings. The predicted octanol–water partition coefficient (Wildman–Crippen LogP) is 2.98. The second kappa shape index (κ2) is 9.50. The molecule has 0 unspecified atom stereocenters. The summed E-state index contributed by atoms with van der Waals surface area (Å²) in [6, 6.07) is 2.66. The van der Waals surface area contributed by atoms with E-state index in [1.54, 1.807) is 13.8 Å². The summed E-state index contributed by atoms with van der Waals surface area (Å²) in [5.74, 6) is -2.23. The summed E-state index contributed by atoms with van der Waals surface area (Å²) in [6.07, 6.45) is 0.454. The van der Waals surface area contributed by atoms with Crippen LogP contribution in [-0.4, -0.2) is 22.1 Å². The fourth-order valence-corrected chi connectivity index (χ4v) is 2.51. The maximum atomic E-state index is 13.8. The Morgan fingerprint density at radius 2 is 2.04 bits per heavy atom. The Hall–Kier alpha value is -2.68. The molecule has 7 nitrogen and oxygen atoms in total. The molecule has 1 aromatic heterocycles. The lowest BCUT2D eigenvalue weighted by Gasteiger charge is -2.17. The van der Waals surface area contributed by atoms with Crippen LogP contribution in [0.3, 0.4) is 0 Å². The van der Waals surface area contributed by atoms with Gasteiger partial charge >= 0.3 is 6.01 Å². The zero-order chi connectivity index (χ0) is 20.8. The molecule has 0 saturated carbocycles. The summed E-state index contributed by atoms with van der Waals surface area (Å²) < 4.78 is 38.8. The number of amides is 1. The molecular formula is C18H20ClF2N3O4. The van der Waals surface area contributed by atoms with E-state index >= 15 is 0 Å².